The average Bonchev–Trinajstić information content (AvgIpc) is 3.07. The molecule has 4 heterocycles. The highest BCUT2D eigenvalue weighted by atomic mass is 32.2. The highest BCUT2D eigenvalue weighted by molar-refractivity contribution is 7.99. The number of carbonyl (C=O) groups excluding carboxylic acids is 1. The quantitative estimate of drug-likeness (QED) is 0.901. The summed E-state index contributed by atoms with van der Waals surface area (Å²) in [6.07, 6.45) is 2.29. The first kappa shape index (κ1) is 16.7. The van der Waals surface area contributed by atoms with Crippen LogP contribution in [0.3, 0.4) is 0 Å². The summed E-state index contributed by atoms with van der Waals surface area (Å²) in [4.78, 5) is 15.7. The molecule has 0 radical (unpaired) electrons. The van der Waals surface area contributed by atoms with Crippen LogP contribution in [0.25, 0.3) is 0 Å². The zero-order chi connectivity index (χ0) is 17.4. The molecule has 3 aliphatic heterocycles. The molecule has 2 atom stereocenters. The summed E-state index contributed by atoms with van der Waals surface area (Å²) in [7, 11) is 0. The normalized spacial score (nSPS) is 28.1. The zero-order valence-electron chi connectivity index (χ0n) is 14.1. The second-order valence-electron chi connectivity index (χ2n) is 6.79. The van der Waals surface area contributed by atoms with Gasteiger partial charge in [0.25, 0.3) is 5.91 Å². The molecule has 1 aromatic heterocycles. The first-order valence-electron chi connectivity index (χ1n) is 8.68. The van der Waals surface area contributed by atoms with Crippen LogP contribution in [-0.4, -0.2) is 36.0 Å². The number of halogens is 1. The predicted molar refractivity (Wildman–Crippen MR) is 94.2 cm³/mol. The van der Waals surface area contributed by atoms with Gasteiger partial charge in [0.2, 0.25) is 0 Å². The smallest absolute Gasteiger partial charge is 0.287 e. The number of nitrogens with one attached hydrogen (secondary N) is 1. The molecule has 1 aromatic carbocycles. The first-order chi connectivity index (χ1) is 12.1. The van der Waals surface area contributed by atoms with Gasteiger partial charge in [0.1, 0.15) is 5.82 Å². The number of hydrogen-bond acceptors (Lipinski definition) is 4. The standard InChI is InChI=1S/C19H21FN2O2S/c1-12-18(13-7-9-22(12)10-8-13)21-19(23)16-5-6-17(24-16)25-15-4-2-3-14(20)11-15/h2-6,11-13,18H,7-10H2,1H3,(H,21,23)/t12-,18-/m0/s1. The lowest BCUT2D eigenvalue weighted by atomic mass is 9.79. The van der Waals surface area contributed by atoms with Gasteiger partial charge < -0.3 is 9.73 Å². The van der Waals surface area contributed by atoms with E-state index in [9.17, 15) is 9.18 Å². The summed E-state index contributed by atoms with van der Waals surface area (Å²) < 4.78 is 18.9. The van der Waals surface area contributed by atoms with Crippen LogP contribution in [0, 0.1) is 11.7 Å². The van der Waals surface area contributed by atoms with Gasteiger partial charge in [-0.2, -0.15) is 0 Å². The minimum Gasteiger partial charge on any atom is -0.444 e. The SMILES string of the molecule is C[C@H]1[C@H](NC(=O)c2ccc(Sc3cccc(F)c3)o2)C2CCN1CC2. The fraction of sp³-hybridized carbons (Fsp3) is 0.421. The summed E-state index contributed by atoms with van der Waals surface area (Å²) in [5, 5.41) is 3.74. The largest absolute Gasteiger partial charge is 0.444 e. The van der Waals surface area contributed by atoms with E-state index in [0.717, 1.165) is 30.8 Å². The molecule has 3 saturated heterocycles. The molecule has 0 unspecified atom stereocenters. The van der Waals surface area contributed by atoms with Crippen molar-refractivity contribution in [2.24, 2.45) is 5.92 Å². The minimum absolute atomic E-state index is 0.170. The van der Waals surface area contributed by atoms with Gasteiger partial charge in [-0.25, -0.2) is 4.39 Å². The van der Waals surface area contributed by atoms with Crippen molar-refractivity contribution in [2.45, 2.75) is 41.8 Å². The molecule has 6 heteroatoms. The van der Waals surface area contributed by atoms with Gasteiger partial charge in [-0.1, -0.05) is 17.8 Å². The number of fused-ring (bicyclic) bond motifs is 3. The number of hydrogen-bond donors (Lipinski definition) is 1. The Balaban J connectivity index is 1.42. The van der Waals surface area contributed by atoms with E-state index in [1.54, 1.807) is 18.2 Å². The van der Waals surface area contributed by atoms with Crippen LogP contribution >= 0.6 is 11.8 Å². The fourth-order valence-corrected chi connectivity index (χ4v) is 4.73. The van der Waals surface area contributed by atoms with Crippen LogP contribution < -0.4 is 5.32 Å². The van der Waals surface area contributed by atoms with Crippen LogP contribution in [0.2, 0.25) is 0 Å². The highest BCUT2D eigenvalue weighted by Gasteiger charge is 2.40. The van der Waals surface area contributed by atoms with Gasteiger partial charge in [-0.15, -0.1) is 0 Å². The molecule has 0 aliphatic carbocycles. The van der Waals surface area contributed by atoms with Gasteiger partial charge >= 0.3 is 0 Å². The lowest BCUT2D eigenvalue weighted by Gasteiger charge is -2.49. The van der Waals surface area contributed by atoms with Crippen molar-refractivity contribution in [1.29, 1.82) is 0 Å². The first-order valence-corrected chi connectivity index (χ1v) is 9.50. The number of furan rings is 1. The molecule has 5 rings (SSSR count). The van der Waals surface area contributed by atoms with Gasteiger partial charge in [-0.3, -0.25) is 9.69 Å². The summed E-state index contributed by atoms with van der Waals surface area (Å²) >= 11 is 1.30. The van der Waals surface area contributed by atoms with Crippen LogP contribution in [-0.2, 0) is 0 Å². The minimum atomic E-state index is -0.286. The molecule has 0 saturated carbocycles. The van der Waals surface area contributed by atoms with Gasteiger partial charge in [0.05, 0.1) is 0 Å². The van der Waals surface area contributed by atoms with Crippen LogP contribution in [0.4, 0.5) is 4.39 Å². The second kappa shape index (κ2) is 6.84. The van der Waals surface area contributed by atoms with E-state index in [0.29, 0.717) is 22.8 Å². The van der Waals surface area contributed by atoms with E-state index >= 15 is 0 Å². The van der Waals surface area contributed by atoms with E-state index < -0.39 is 0 Å². The molecule has 1 amide bonds. The van der Waals surface area contributed by atoms with Crippen molar-refractivity contribution in [3.63, 3.8) is 0 Å². The van der Waals surface area contributed by atoms with Crippen LogP contribution in [0.5, 0.6) is 0 Å². The molecule has 0 spiro atoms. The van der Waals surface area contributed by atoms with Crippen LogP contribution in [0.15, 0.2) is 50.8 Å². The molecule has 25 heavy (non-hydrogen) atoms. The lowest BCUT2D eigenvalue weighted by molar-refractivity contribution is 0.0210. The number of carbonyl (C=O) groups is 1. The Morgan fingerprint density at radius 1 is 1.28 bits per heavy atom. The van der Waals surface area contributed by atoms with Crippen LogP contribution in [0.1, 0.15) is 30.3 Å². The Kier molecular flexibility index (Phi) is 4.56. The molecule has 3 aliphatic rings. The molecule has 4 nitrogen and oxygen atoms in total. The Morgan fingerprint density at radius 2 is 2.08 bits per heavy atom. The third-order valence-corrected chi connectivity index (χ3v) is 6.21. The lowest BCUT2D eigenvalue weighted by Crippen LogP contribution is -2.62. The number of amides is 1. The van der Waals surface area contributed by atoms with Gasteiger partial charge in [0.15, 0.2) is 10.9 Å². The summed E-state index contributed by atoms with van der Waals surface area (Å²) in [6.45, 7) is 4.45. The van der Waals surface area contributed by atoms with Crippen molar-refractivity contribution in [3.8, 4) is 0 Å². The monoisotopic (exact) mass is 360 g/mol. The number of piperidine rings is 3. The molecular formula is C19H21FN2O2S. The molecule has 2 bridgehead atoms. The third-order valence-electron chi connectivity index (χ3n) is 5.30. The highest BCUT2D eigenvalue weighted by Crippen LogP contribution is 2.33. The Hall–Kier alpha value is -1.79. The van der Waals surface area contributed by atoms with E-state index in [4.69, 9.17) is 4.42 Å². The maximum Gasteiger partial charge on any atom is 0.287 e. The van der Waals surface area contributed by atoms with Crippen molar-refractivity contribution in [3.05, 3.63) is 48.0 Å². The van der Waals surface area contributed by atoms with E-state index in [1.807, 2.05) is 6.07 Å². The maximum absolute atomic E-state index is 13.3. The predicted octanol–water partition coefficient (Wildman–Crippen LogP) is 3.78. The molecule has 1 N–H and O–H groups in total. The van der Waals surface area contributed by atoms with Crippen molar-refractivity contribution < 1.29 is 13.6 Å². The fourth-order valence-electron chi connectivity index (χ4n) is 3.91. The molecular weight excluding hydrogens is 339 g/mol. The van der Waals surface area contributed by atoms with E-state index in [1.165, 1.54) is 23.9 Å². The third kappa shape index (κ3) is 3.46. The number of nitrogens with zero attached hydrogens (tertiary/aromatic N) is 1. The van der Waals surface area contributed by atoms with Crippen molar-refractivity contribution in [2.75, 3.05) is 13.1 Å². The molecule has 3 fully saturated rings. The number of benzene rings is 1. The zero-order valence-corrected chi connectivity index (χ0v) is 14.9. The molecule has 2 aromatic rings. The van der Waals surface area contributed by atoms with E-state index in [-0.39, 0.29) is 17.8 Å². The Labute approximate surface area is 150 Å². The summed E-state index contributed by atoms with van der Waals surface area (Å²) in [6, 6.07) is 10.3. The summed E-state index contributed by atoms with van der Waals surface area (Å²) in [5.41, 5.74) is 0. The van der Waals surface area contributed by atoms with Crippen molar-refractivity contribution >= 4 is 17.7 Å². The topological polar surface area (TPSA) is 45.5 Å². The Morgan fingerprint density at radius 3 is 2.80 bits per heavy atom. The summed E-state index contributed by atoms with van der Waals surface area (Å²) in [5.74, 6) is 0.408. The van der Waals surface area contributed by atoms with Gasteiger partial charge in [-0.05, 0) is 69.1 Å². The number of rotatable bonds is 4. The maximum atomic E-state index is 13.3. The van der Waals surface area contributed by atoms with E-state index in [2.05, 4.69) is 17.1 Å². The molecule has 132 valence electrons. The average molecular weight is 360 g/mol. The van der Waals surface area contributed by atoms with Gasteiger partial charge in [0, 0.05) is 17.0 Å². The van der Waals surface area contributed by atoms with Crippen molar-refractivity contribution in [1.82, 2.24) is 10.2 Å². The second-order valence-corrected chi connectivity index (χ2v) is 7.87. The Bertz CT molecular complexity index is 768.